The molecule has 2 aromatic rings. The number of halogens is 1. The molecule has 1 saturated heterocycles. The first-order valence-corrected chi connectivity index (χ1v) is 8.08. The summed E-state index contributed by atoms with van der Waals surface area (Å²) in [6, 6.07) is 4.23. The summed E-state index contributed by atoms with van der Waals surface area (Å²) in [6.45, 7) is 4.34. The third kappa shape index (κ3) is 3.11. The van der Waals surface area contributed by atoms with Gasteiger partial charge in [-0.1, -0.05) is 0 Å². The second kappa shape index (κ2) is 6.07. The Hall–Kier alpha value is -1.18. The minimum Gasteiger partial charge on any atom is -0.336 e. The summed E-state index contributed by atoms with van der Waals surface area (Å²) < 4.78 is 1.17. The van der Waals surface area contributed by atoms with E-state index in [1.54, 1.807) is 23.7 Å². The molecule has 1 aliphatic heterocycles. The van der Waals surface area contributed by atoms with Gasteiger partial charge in [-0.25, -0.2) is 0 Å². The number of hydrogen-bond donors (Lipinski definition) is 1. The Bertz CT molecular complexity index is 575. The van der Waals surface area contributed by atoms with Crippen LogP contribution in [0.5, 0.6) is 0 Å². The molecule has 0 aliphatic carbocycles. The SMILES string of the molecule is O=C(c1cn[nH]c1)N1CCN(Cc2ccc(Br)s2)CC1. The van der Waals surface area contributed by atoms with Crippen LogP contribution >= 0.6 is 27.3 Å². The Balaban J connectivity index is 1.53. The molecule has 0 radical (unpaired) electrons. The number of hydrogen-bond acceptors (Lipinski definition) is 4. The molecule has 7 heteroatoms. The zero-order valence-corrected chi connectivity index (χ0v) is 13.3. The number of piperazine rings is 1. The van der Waals surface area contributed by atoms with E-state index in [1.165, 1.54) is 8.66 Å². The van der Waals surface area contributed by atoms with Crippen LogP contribution in [0.2, 0.25) is 0 Å². The molecule has 1 N–H and O–H groups in total. The third-order valence-electron chi connectivity index (χ3n) is 3.41. The Kier molecular flexibility index (Phi) is 4.18. The molecule has 0 bridgehead atoms. The van der Waals surface area contributed by atoms with Crippen molar-refractivity contribution < 1.29 is 4.79 Å². The highest BCUT2D eigenvalue weighted by Gasteiger charge is 2.22. The lowest BCUT2D eigenvalue weighted by molar-refractivity contribution is 0.0629. The fourth-order valence-electron chi connectivity index (χ4n) is 2.32. The number of aromatic nitrogens is 2. The predicted molar refractivity (Wildman–Crippen MR) is 81.8 cm³/mol. The van der Waals surface area contributed by atoms with Gasteiger partial charge in [0.15, 0.2) is 0 Å². The fraction of sp³-hybridized carbons (Fsp3) is 0.385. The van der Waals surface area contributed by atoms with Crippen molar-refractivity contribution in [1.29, 1.82) is 0 Å². The quantitative estimate of drug-likeness (QED) is 0.918. The highest BCUT2D eigenvalue weighted by Crippen LogP contribution is 2.23. The first-order chi connectivity index (χ1) is 9.72. The molecule has 3 heterocycles. The zero-order valence-electron chi connectivity index (χ0n) is 10.9. The summed E-state index contributed by atoms with van der Waals surface area (Å²) in [5, 5.41) is 6.51. The van der Waals surface area contributed by atoms with Crippen LogP contribution < -0.4 is 0 Å². The van der Waals surface area contributed by atoms with Crippen LogP contribution in [0, 0.1) is 0 Å². The third-order valence-corrected chi connectivity index (χ3v) is 5.02. The summed E-state index contributed by atoms with van der Waals surface area (Å²) in [5.41, 5.74) is 0.639. The van der Waals surface area contributed by atoms with Crippen LogP contribution in [0.25, 0.3) is 0 Å². The number of nitrogens with one attached hydrogen (secondary N) is 1. The second-order valence-corrected chi connectivity index (χ2v) is 7.31. The van der Waals surface area contributed by atoms with Crippen molar-refractivity contribution in [3.63, 3.8) is 0 Å². The normalized spacial score (nSPS) is 16.6. The minimum absolute atomic E-state index is 0.0669. The number of amides is 1. The first-order valence-electron chi connectivity index (χ1n) is 6.47. The van der Waals surface area contributed by atoms with Gasteiger partial charge >= 0.3 is 0 Å². The monoisotopic (exact) mass is 354 g/mol. The molecule has 5 nitrogen and oxygen atoms in total. The minimum atomic E-state index is 0.0669. The maximum Gasteiger partial charge on any atom is 0.257 e. The molecule has 1 aliphatic rings. The van der Waals surface area contributed by atoms with Crippen LogP contribution in [0.3, 0.4) is 0 Å². The van der Waals surface area contributed by atoms with E-state index >= 15 is 0 Å². The average Bonchev–Trinajstić information content (AvgIpc) is 3.11. The van der Waals surface area contributed by atoms with Crippen molar-refractivity contribution in [3.8, 4) is 0 Å². The Morgan fingerprint density at radius 1 is 1.35 bits per heavy atom. The number of carbonyl (C=O) groups is 1. The van der Waals surface area contributed by atoms with E-state index in [4.69, 9.17) is 0 Å². The number of thiophene rings is 1. The smallest absolute Gasteiger partial charge is 0.257 e. The van der Waals surface area contributed by atoms with Gasteiger partial charge in [-0.3, -0.25) is 14.8 Å². The van der Waals surface area contributed by atoms with Crippen molar-refractivity contribution in [2.24, 2.45) is 0 Å². The number of carbonyl (C=O) groups excluding carboxylic acids is 1. The number of H-pyrrole nitrogens is 1. The molecule has 106 valence electrons. The Morgan fingerprint density at radius 2 is 2.15 bits per heavy atom. The fourth-order valence-corrected chi connectivity index (χ4v) is 3.84. The first kappa shape index (κ1) is 13.8. The summed E-state index contributed by atoms with van der Waals surface area (Å²) in [7, 11) is 0. The molecular formula is C13H15BrN4OS. The van der Waals surface area contributed by atoms with Gasteiger partial charge in [-0.15, -0.1) is 11.3 Å². The van der Waals surface area contributed by atoms with Gasteiger partial charge in [0.05, 0.1) is 15.5 Å². The van der Waals surface area contributed by atoms with Crippen molar-refractivity contribution in [2.45, 2.75) is 6.54 Å². The highest BCUT2D eigenvalue weighted by atomic mass is 79.9. The van der Waals surface area contributed by atoms with Gasteiger partial charge in [0, 0.05) is 43.8 Å². The maximum atomic E-state index is 12.2. The molecule has 1 fully saturated rings. The van der Waals surface area contributed by atoms with E-state index in [0.29, 0.717) is 5.56 Å². The highest BCUT2D eigenvalue weighted by molar-refractivity contribution is 9.11. The Labute approximate surface area is 129 Å². The lowest BCUT2D eigenvalue weighted by Gasteiger charge is -2.34. The van der Waals surface area contributed by atoms with Crippen molar-refractivity contribution >= 4 is 33.2 Å². The van der Waals surface area contributed by atoms with E-state index < -0.39 is 0 Å². The van der Waals surface area contributed by atoms with Crippen molar-refractivity contribution in [1.82, 2.24) is 20.0 Å². The number of nitrogens with zero attached hydrogens (tertiary/aromatic N) is 3. The molecule has 20 heavy (non-hydrogen) atoms. The maximum absolute atomic E-state index is 12.2. The molecule has 2 aromatic heterocycles. The van der Waals surface area contributed by atoms with Crippen LogP contribution in [0.15, 0.2) is 28.3 Å². The van der Waals surface area contributed by atoms with Crippen molar-refractivity contribution in [3.05, 3.63) is 38.8 Å². The van der Waals surface area contributed by atoms with Gasteiger partial charge in [0.2, 0.25) is 0 Å². The van der Waals surface area contributed by atoms with Gasteiger partial charge in [0.25, 0.3) is 5.91 Å². The summed E-state index contributed by atoms with van der Waals surface area (Å²) in [5.74, 6) is 0.0669. The van der Waals surface area contributed by atoms with E-state index in [2.05, 4.69) is 43.2 Å². The van der Waals surface area contributed by atoms with Crippen molar-refractivity contribution in [2.75, 3.05) is 26.2 Å². The van der Waals surface area contributed by atoms with Crippen LogP contribution in [0.4, 0.5) is 0 Å². The Morgan fingerprint density at radius 3 is 2.75 bits per heavy atom. The molecule has 0 spiro atoms. The number of rotatable bonds is 3. The largest absolute Gasteiger partial charge is 0.336 e. The van der Waals surface area contributed by atoms with Crippen LogP contribution in [-0.2, 0) is 6.54 Å². The predicted octanol–water partition coefficient (Wildman–Crippen LogP) is 2.19. The second-order valence-electron chi connectivity index (χ2n) is 4.76. The summed E-state index contributed by atoms with van der Waals surface area (Å²) in [6.07, 6.45) is 3.23. The van der Waals surface area contributed by atoms with Gasteiger partial charge in [-0.05, 0) is 28.1 Å². The van der Waals surface area contributed by atoms with E-state index in [-0.39, 0.29) is 5.91 Å². The summed E-state index contributed by atoms with van der Waals surface area (Å²) in [4.78, 5) is 17.8. The molecule has 0 saturated carbocycles. The standard InChI is InChI=1S/C13H15BrN4OS/c14-12-2-1-11(20-12)9-17-3-5-18(6-4-17)13(19)10-7-15-16-8-10/h1-2,7-8H,3-6,9H2,(H,15,16). The van der Waals surface area contributed by atoms with Crippen LogP contribution in [-0.4, -0.2) is 52.1 Å². The molecule has 1 amide bonds. The molecular weight excluding hydrogens is 340 g/mol. The molecule has 0 aromatic carbocycles. The average molecular weight is 355 g/mol. The lowest BCUT2D eigenvalue weighted by Crippen LogP contribution is -2.48. The van der Waals surface area contributed by atoms with Gasteiger partial charge < -0.3 is 4.90 Å². The van der Waals surface area contributed by atoms with E-state index in [1.807, 2.05) is 4.90 Å². The zero-order chi connectivity index (χ0) is 13.9. The van der Waals surface area contributed by atoms with E-state index in [0.717, 1.165) is 32.7 Å². The lowest BCUT2D eigenvalue weighted by atomic mass is 10.2. The number of aromatic amines is 1. The topological polar surface area (TPSA) is 52.2 Å². The molecule has 3 rings (SSSR count). The van der Waals surface area contributed by atoms with E-state index in [9.17, 15) is 4.79 Å². The van der Waals surface area contributed by atoms with Crippen LogP contribution in [0.1, 0.15) is 15.2 Å². The van der Waals surface area contributed by atoms with Gasteiger partial charge in [0.1, 0.15) is 0 Å². The molecule has 0 atom stereocenters. The summed E-state index contributed by atoms with van der Waals surface area (Å²) >= 11 is 5.25. The molecule has 0 unspecified atom stereocenters. The van der Waals surface area contributed by atoms with Gasteiger partial charge in [-0.2, -0.15) is 5.10 Å².